The first-order valence-corrected chi connectivity index (χ1v) is 13.8. The largest absolute Gasteiger partial charge is 0.481 e. The fourth-order valence-electron chi connectivity index (χ4n) is 10.9. The minimum absolute atomic E-state index is 0.148. The average Bonchev–Trinajstić information content (AvgIpc) is 2.72. The first-order chi connectivity index (χ1) is 14.8. The Morgan fingerprint density at radius 1 is 0.906 bits per heavy atom. The molecule has 4 saturated carbocycles. The summed E-state index contributed by atoms with van der Waals surface area (Å²) in [6, 6.07) is 0. The highest BCUT2D eigenvalue weighted by Crippen LogP contribution is 2.75. The van der Waals surface area contributed by atoms with Crippen molar-refractivity contribution < 1.29 is 9.90 Å². The molecular formula is C30H48O2. The molecule has 0 spiro atoms. The summed E-state index contributed by atoms with van der Waals surface area (Å²) in [4.78, 5) is 12.5. The predicted molar refractivity (Wildman–Crippen MR) is 131 cm³/mol. The van der Waals surface area contributed by atoms with Crippen molar-refractivity contribution in [2.75, 3.05) is 0 Å². The molecule has 10 atom stereocenters. The van der Waals surface area contributed by atoms with Crippen molar-refractivity contribution in [3.63, 3.8) is 0 Å². The van der Waals surface area contributed by atoms with E-state index < -0.39 is 11.4 Å². The van der Waals surface area contributed by atoms with Crippen molar-refractivity contribution in [2.24, 2.45) is 56.7 Å². The summed E-state index contributed by atoms with van der Waals surface area (Å²) in [5, 5.41) is 10.2. The molecule has 0 aromatic rings. The summed E-state index contributed by atoms with van der Waals surface area (Å²) in [5.74, 6) is 2.72. The first-order valence-electron chi connectivity index (χ1n) is 13.8. The molecule has 0 aromatic heterocycles. The molecule has 0 radical (unpaired) electrons. The zero-order valence-electron chi connectivity index (χ0n) is 21.9. The first kappa shape index (κ1) is 23.0. The van der Waals surface area contributed by atoms with Gasteiger partial charge in [-0.1, -0.05) is 59.6 Å². The Balaban J connectivity index is 1.59. The zero-order valence-corrected chi connectivity index (χ0v) is 21.9. The van der Waals surface area contributed by atoms with Crippen molar-refractivity contribution in [3.8, 4) is 0 Å². The summed E-state index contributed by atoms with van der Waals surface area (Å²) in [7, 11) is 0. The van der Waals surface area contributed by atoms with Gasteiger partial charge in [-0.05, 0) is 116 Å². The van der Waals surface area contributed by atoms with Crippen LogP contribution in [0.2, 0.25) is 0 Å². The minimum Gasteiger partial charge on any atom is -0.481 e. The van der Waals surface area contributed by atoms with Gasteiger partial charge >= 0.3 is 5.97 Å². The Kier molecular flexibility index (Phi) is 4.94. The van der Waals surface area contributed by atoms with Crippen molar-refractivity contribution in [2.45, 2.75) is 113 Å². The molecule has 5 aliphatic rings. The van der Waals surface area contributed by atoms with Crippen LogP contribution in [0.5, 0.6) is 0 Å². The van der Waals surface area contributed by atoms with Crippen LogP contribution < -0.4 is 0 Å². The standard InChI is InChI=1S/C30H48O2/c1-19-11-15-26(3)17-18-29(6)21(24(26)20(19)2)9-10-23-27(4)13-8-14-28(5,25(31)32)22(27)12-16-30(23,29)7/h9,19-20,22-24H,8,10-18H2,1-7H3,(H,31,32)/t19-,20+,22-,23-,24+,26-,27+,28-,29-,30-/m1/s1. The lowest BCUT2D eigenvalue weighted by Gasteiger charge is -2.71. The van der Waals surface area contributed by atoms with Crippen LogP contribution in [0.15, 0.2) is 11.6 Å². The lowest BCUT2D eigenvalue weighted by atomic mass is 9.33. The van der Waals surface area contributed by atoms with Crippen molar-refractivity contribution in [1.29, 1.82) is 0 Å². The van der Waals surface area contributed by atoms with E-state index in [0.717, 1.165) is 37.0 Å². The third kappa shape index (κ3) is 2.62. The van der Waals surface area contributed by atoms with E-state index in [1.54, 1.807) is 0 Å². The van der Waals surface area contributed by atoms with Crippen LogP contribution in [-0.2, 0) is 4.79 Å². The number of aliphatic carboxylic acids is 1. The monoisotopic (exact) mass is 440 g/mol. The molecule has 0 saturated heterocycles. The third-order valence-electron chi connectivity index (χ3n) is 13.3. The van der Waals surface area contributed by atoms with Gasteiger partial charge in [0.05, 0.1) is 5.41 Å². The number of hydrogen-bond acceptors (Lipinski definition) is 1. The van der Waals surface area contributed by atoms with Crippen molar-refractivity contribution >= 4 is 5.97 Å². The molecule has 0 bridgehead atoms. The van der Waals surface area contributed by atoms with Gasteiger partial charge in [-0.25, -0.2) is 0 Å². The number of carboxylic acids is 1. The van der Waals surface area contributed by atoms with Gasteiger partial charge in [-0.3, -0.25) is 4.79 Å². The topological polar surface area (TPSA) is 37.3 Å². The molecular weight excluding hydrogens is 392 g/mol. The Bertz CT molecular complexity index is 844. The molecule has 0 unspecified atom stereocenters. The van der Waals surface area contributed by atoms with E-state index in [4.69, 9.17) is 0 Å². The van der Waals surface area contributed by atoms with Gasteiger partial charge in [-0.15, -0.1) is 0 Å². The molecule has 0 aromatic carbocycles. The van der Waals surface area contributed by atoms with E-state index in [2.05, 4.69) is 54.5 Å². The van der Waals surface area contributed by atoms with Crippen LogP contribution in [-0.4, -0.2) is 11.1 Å². The fraction of sp³-hybridized carbons (Fsp3) is 0.900. The molecule has 180 valence electrons. The maximum Gasteiger partial charge on any atom is 0.309 e. The van der Waals surface area contributed by atoms with Crippen molar-refractivity contribution in [3.05, 3.63) is 11.6 Å². The van der Waals surface area contributed by atoms with Gasteiger partial charge in [0, 0.05) is 0 Å². The molecule has 0 amide bonds. The van der Waals surface area contributed by atoms with Gasteiger partial charge in [0.2, 0.25) is 0 Å². The number of rotatable bonds is 1. The Morgan fingerprint density at radius 3 is 2.31 bits per heavy atom. The average molecular weight is 441 g/mol. The van der Waals surface area contributed by atoms with E-state index >= 15 is 0 Å². The fourth-order valence-corrected chi connectivity index (χ4v) is 10.9. The van der Waals surface area contributed by atoms with E-state index in [1.807, 2.05) is 5.57 Å². The van der Waals surface area contributed by atoms with E-state index in [-0.39, 0.29) is 10.8 Å². The van der Waals surface area contributed by atoms with Gasteiger partial charge in [0.15, 0.2) is 0 Å². The molecule has 32 heavy (non-hydrogen) atoms. The smallest absolute Gasteiger partial charge is 0.309 e. The number of allylic oxidation sites excluding steroid dienone is 2. The SMILES string of the molecule is C[C@H]1[C@H](C)CC[C@]2(C)CC[C@]3(C)C(=CC[C@@H]4[C@@]5(C)CCC[C@@](C)(C(=O)O)[C@@H]5CC[C@]43C)[C@H]12. The molecule has 5 rings (SSSR count). The number of hydrogen-bond donors (Lipinski definition) is 1. The summed E-state index contributed by atoms with van der Waals surface area (Å²) >= 11 is 0. The number of carbonyl (C=O) groups is 1. The molecule has 2 nitrogen and oxygen atoms in total. The number of fused-ring (bicyclic) bond motifs is 7. The summed E-state index contributed by atoms with van der Waals surface area (Å²) in [5.41, 5.74) is 2.47. The maximum absolute atomic E-state index is 12.5. The second-order valence-corrected chi connectivity index (χ2v) is 14.4. The number of carboxylic acid groups (broad SMARTS) is 1. The molecule has 0 aliphatic heterocycles. The molecule has 1 N–H and O–H groups in total. The van der Waals surface area contributed by atoms with E-state index in [0.29, 0.717) is 22.7 Å². The van der Waals surface area contributed by atoms with E-state index in [1.165, 1.54) is 44.9 Å². The third-order valence-corrected chi connectivity index (χ3v) is 13.3. The highest BCUT2D eigenvalue weighted by atomic mass is 16.4. The predicted octanol–water partition coefficient (Wildman–Crippen LogP) is 8.12. The lowest BCUT2D eigenvalue weighted by molar-refractivity contribution is -0.196. The van der Waals surface area contributed by atoms with E-state index in [9.17, 15) is 9.90 Å². The van der Waals surface area contributed by atoms with Crippen LogP contribution in [0.3, 0.4) is 0 Å². The Hall–Kier alpha value is -0.790. The second kappa shape index (κ2) is 6.88. The highest BCUT2D eigenvalue weighted by molar-refractivity contribution is 5.75. The summed E-state index contributed by atoms with van der Waals surface area (Å²) in [6.07, 6.45) is 14.9. The lowest BCUT2D eigenvalue weighted by Crippen LogP contribution is -2.64. The second-order valence-electron chi connectivity index (χ2n) is 14.4. The van der Waals surface area contributed by atoms with Crippen LogP contribution in [0.1, 0.15) is 113 Å². The minimum atomic E-state index is -0.547. The molecule has 2 heteroatoms. The van der Waals surface area contributed by atoms with Gasteiger partial charge in [0.25, 0.3) is 0 Å². The van der Waals surface area contributed by atoms with Crippen LogP contribution in [0, 0.1) is 56.7 Å². The quantitative estimate of drug-likeness (QED) is 0.418. The van der Waals surface area contributed by atoms with Crippen LogP contribution in [0.25, 0.3) is 0 Å². The summed E-state index contributed by atoms with van der Waals surface area (Å²) in [6.45, 7) is 17.5. The normalized spacial score (nSPS) is 57.3. The molecule has 0 heterocycles. The Labute approximate surface area is 197 Å². The summed E-state index contributed by atoms with van der Waals surface area (Å²) < 4.78 is 0. The van der Waals surface area contributed by atoms with Gasteiger partial charge in [-0.2, -0.15) is 0 Å². The zero-order chi connectivity index (χ0) is 23.3. The van der Waals surface area contributed by atoms with Crippen LogP contribution >= 0.6 is 0 Å². The highest BCUT2D eigenvalue weighted by Gasteiger charge is 2.68. The van der Waals surface area contributed by atoms with Crippen molar-refractivity contribution in [1.82, 2.24) is 0 Å². The van der Waals surface area contributed by atoms with Gasteiger partial charge in [0.1, 0.15) is 0 Å². The Morgan fingerprint density at radius 2 is 1.62 bits per heavy atom. The molecule has 4 fully saturated rings. The van der Waals surface area contributed by atoms with Gasteiger partial charge < -0.3 is 5.11 Å². The van der Waals surface area contributed by atoms with Crippen LogP contribution in [0.4, 0.5) is 0 Å². The molecule has 5 aliphatic carbocycles. The maximum atomic E-state index is 12.5.